The van der Waals surface area contributed by atoms with Gasteiger partial charge in [-0.3, -0.25) is 0 Å². The highest BCUT2D eigenvalue weighted by Gasteiger charge is 2.21. The molecule has 1 fully saturated rings. The third-order valence-electron chi connectivity index (χ3n) is 1.73. The largest absolute Gasteiger partial charge is 0.377 e. The van der Waals surface area contributed by atoms with Crippen LogP contribution < -0.4 is 0 Å². The van der Waals surface area contributed by atoms with E-state index in [9.17, 15) is 0 Å². The fourth-order valence-electron chi connectivity index (χ4n) is 1.08. The molecule has 9 heavy (non-hydrogen) atoms. The Morgan fingerprint density at radius 1 is 1.78 bits per heavy atom. The topological polar surface area (TPSA) is 33.0 Å². The highest BCUT2D eigenvalue weighted by molar-refractivity contribution is 4.87. The molecule has 0 aromatic rings. The third kappa shape index (κ3) is 1.43. The summed E-state index contributed by atoms with van der Waals surface area (Å²) in [6, 6.07) is 2.18. The van der Waals surface area contributed by atoms with Crippen molar-refractivity contribution in [1.82, 2.24) is 0 Å². The Kier molecular flexibility index (Phi) is 2.07. The van der Waals surface area contributed by atoms with Crippen molar-refractivity contribution in [1.29, 1.82) is 5.26 Å². The van der Waals surface area contributed by atoms with Crippen molar-refractivity contribution in [3.05, 3.63) is 0 Å². The van der Waals surface area contributed by atoms with Crippen molar-refractivity contribution in [2.45, 2.75) is 25.9 Å². The van der Waals surface area contributed by atoms with Crippen LogP contribution in [0.1, 0.15) is 19.8 Å². The van der Waals surface area contributed by atoms with Gasteiger partial charge < -0.3 is 4.74 Å². The number of nitrogens with zero attached hydrogens (tertiary/aromatic N) is 1. The van der Waals surface area contributed by atoms with Crippen LogP contribution in [0.5, 0.6) is 0 Å². The van der Waals surface area contributed by atoms with Crippen molar-refractivity contribution >= 4 is 0 Å². The molecule has 0 radical (unpaired) electrons. The molecule has 0 aromatic heterocycles. The average Bonchev–Trinajstić information content (AvgIpc) is 2.37. The van der Waals surface area contributed by atoms with Gasteiger partial charge in [-0.2, -0.15) is 5.26 Å². The second-order valence-corrected chi connectivity index (χ2v) is 2.47. The molecule has 1 saturated heterocycles. The first kappa shape index (κ1) is 6.57. The summed E-state index contributed by atoms with van der Waals surface area (Å²) < 4.78 is 5.28. The Bertz CT molecular complexity index is 121. The molecule has 1 heterocycles. The molecule has 0 N–H and O–H groups in total. The SMILES string of the molecule is C[C@@H](C#N)[C@@H]1CCCO1. The van der Waals surface area contributed by atoms with E-state index >= 15 is 0 Å². The molecule has 0 aliphatic carbocycles. The molecule has 2 atom stereocenters. The van der Waals surface area contributed by atoms with E-state index in [1.165, 1.54) is 0 Å². The molecule has 1 aliphatic heterocycles. The van der Waals surface area contributed by atoms with Gasteiger partial charge in [-0.05, 0) is 19.8 Å². The molecule has 50 valence electrons. The number of ether oxygens (including phenoxy) is 1. The molecule has 1 aliphatic rings. The zero-order valence-electron chi connectivity index (χ0n) is 5.63. The second kappa shape index (κ2) is 2.84. The lowest BCUT2D eigenvalue weighted by Gasteiger charge is -2.09. The fourth-order valence-corrected chi connectivity index (χ4v) is 1.08. The average molecular weight is 125 g/mol. The number of rotatable bonds is 1. The van der Waals surface area contributed by atoms with Crippen molar-refractivity contribution in [2.24, 2.45) is 5.92 Å². The van der Waals surface area contributed by atoms with Gasteiger partial charge in [-0.15, -0.1) is 0 Å². The van der Waals surface area contributed by atoms with Gasteiger partial charge in [0, 0.05) is 6.61 Å². The second-order valence-electron chi connectivity index (χ2n) is 2.47. The lowest BCUT2D eigenvalue weighted by atomic mass is 10.0. The van der Waals surface area contributed by atoms with E-state index in [4.69, 9.17) is 10.00 Å². The summed E-state index contributed by atoms with van der Waals surface area (Å²) >= 11 is 0. The van der Waals surface area contributed by atoms with E-state index in [1.807, 2.05) is 6.92 Å². The van der Waals surface area contributed by atoms with E-state index in [1.54, 1.807) is 0 Å². The Balaban J connectivity index is 2.34. The third-order valence-corrected chi connectivity index (χ3v) is 1.73. The van der Waals surface area contributed by atoms with Gasteiger partial charge in [-0.1, -0.05) is 0 Å². The van der Waals surface area contributed by atoms with Crippen molar-refractivity contribution in [2.75, 3.05) is 6.61 Å². The van der Waals surface area contributed by atoms with Crippen LogP contribution in [-0.4, -0.2) is 12.7 Å². The number of hydrogen-bond donors (Lipinski definition) is 0. The predicted octanol–water partition coefficient (Wildman–Crippen LogP) is 1.33. The molecule has 0 spiro atoms. The first-order valence-electron chi connectivity index (χ1n) is 3.36. The maximum atomic E-state index is 8.47. The van der Waals surface area contributed by atoms with E-state index in [0.717, 1.165) is 19.4 Å². The minimum atomic E-state index is 0.0764. The molecule has 2 heteroatoms. The Hall–Kier alpha value is -0.550. The Morgan fingerprint density at radius 2 is 2.56 bits per heavy atom. The highest BCUT2D eigenvalue weighted by Crippen LogP contribution is 2.18. The summed E-state index contributed by atoms with van der Waals surface area (Å²) in [6.45, 7) is 2.76. The van der Waals surface area contributed by atoms with Crippen LogP contribution in [0.4, 0.5) is 0 Å². The Morgan fingerprint density at radius 3 is 3.00 bits per heavy atom. The lowest BCUT2D eigenvalue weighted by molar-refractivity contribution is 0.0867. The molecular formula is C7H11NO. The number of hydrogen-bond acceptors (Lipinski definition) is 2. The van der Waals surface area contributed by atoms with Gasteiger partial charge in [-0.25, -0.2) is 0 Å². The molecule has 0 unspecified atom stereocenters. The molecule has 0 amide bonds. The Labute approximate surface area is 55.4 Å². The van der Waals surface area contributed by atoms with Crippen molar-refractivity contribution in [3.63, 3.8) is 0 Å². The zero-order valence-corrected chi connectivity index (χ0v) is 5.63. The summed E-state index contributed by atoms with van der Waals surface area (Å²) in [7, 11) is 0. The van der Waals surface area contributed by atoms with Crippen LogP contribution in [0, 0.1) is 17.2 Å². The highest BCUT2D eigenvalue weighted by atomic mass is 16.5. The van der Waals surface area contributed by atoms with E-state index in [2.05, 4.69) is 6.07 Å². The maximum absolute atomic E-state index is 8.47. The first-order chi connectivity index (χ1) is 4.34. The molecular weight excluding hydrogens is 114 g/mol. The normalized spacial score (nSPS) is 29.6. The molecule has 1 rings (SSSR count). The quantitative estimate of drug-likeness (QED) is 0.529. The minimum Gasteiger partial charge on any atom is -0.377 e. The molecule has 0 aromatic carbocycles. The predicted molar refractivity (Wildman–Crippen MR) is 33.8 cm³/mol. The van der Waals surface area contributed by atoms with Gasteiger partial charge in [0.05, 0.1) is 18.1 Å². The van der Waals surface area contributed by atoms with Crippen LogP contribution in [0.25, 0.3) is 0 Å². The van der Waals surface area contributed by atoms with Gasteiger partial charge in [0.2, 0.25) is 0 Å². The molecule has 0 bridgehead atoms. The summed E-state index contributed by atoms with van der Waals surface area (Å²) in [5.41, 5.74) is 0. The smallest absolute Gasteiger partial charge is 0.0731 e. The molecule has 2 nitrogen and oxygen atoms in total. The van der Waals surface area contributed by atoms with E-state index < -0.39 is 0 Å². The maximum Gasteiger partial charge on any atom is 0.0731 e. The van der Waals surface area contributed by atoms with E-state index in [0.29, 0.717) is 0 Å². The van der Waals surface area contributed by atoms with Crippen LogP contribution >= 0.6 is 0 Å². The minimum absolute atomic E-state index is 0.0764. The lowest BCUT2D eigenvalue weighted by Crippen LogP contribution is -2.14. The zero-order chi connectivity index (χ0) is 6.69. The van der Waals surface area contributed by atoms with Gasteiger partial charge in [0.1, 0.15) is 0 Å². The number of nitriles is 1. The standard InChI is InChI=1S/C7H11NO/c1-6(5-8)7-3-2-4-9-7/h6-7H,2-4H2,1H3/t6-,7-/m0/s1. The van der Waals surface area contributed by atoms with Gasteiger partial charge in [0.15, 0.2) is 0 Å². The summed E-state index contributed by atoms with van der Waals surface area (Å²) in [4.78, 5) is 0. The van der Waals surface area contributed by atoms with Gasteiger partial charge in [0.25, 0.3) is 0 Å². The van der Waals surface area contributed by atoms with Crippen LogP contribution in [0.2, 0.25) is 0 Å². The van der Waals surface area contributed by atoms with Crippen LogP contribution in [0.15, 0.2) is 0 Å². The first-order valence-corrected chi connectivity index (χ1v) is 3.36. The fraction of sp³-hybridized carbons (Fsp3) is 0.857. The summed E-state index contributed by atoms with van der Waals surface area (Å²) in [6.07, 6.45) is 2.40. The summed E-state index contributed by atoms with van der Waals surface area (Å²) in [5.74, 6) is 0.0764. The van der Waals surface area contributed by atoms with Crippen LogP contribution in [0.3, 0.4) is 0 Å². The monoisotopic (exact) mass is 125 g/mol. The van der Waals surface area contributed by atoms with Crippen LogP contribution in [-0.2, 0) is 4.74 Å². The molecule has 0 saturated carbocycles. The van der Waals surface area contributed by atoms with Crippen molar-refractivity contribution < 1.29 is 4.74 Å². The van der Waals surface area contributed by atoms with E-state index in [-0.39, 0.29) is 12.0 Å². The van der Waals surface area contributed by atoms with Crippen molar-refractivity contribution in [3.8, 4) is 6.07 Å². The van der Waals surface area contributed by atoms with Gasteiger partial charge >= 0.3 is 0 Å². The summed E-state index contributed by atoms with van der Waals surface area (Å²) in [5, 5.41) is 8.47.